The molecule has 94 valence electrons. The van der Waals surface area contributed by atoms with Gasteiger partial charge in [0.05, 0.1) is 0 Å². The van der Waals surface area contributed by atoms with E-state index in [2.05, 4.69) is 9.97 Å². The van der Waals surface area contributed by atoms with Crippen LogP contribution in [0.5, 0.6) is 0 Å². The predicted molar refractivity (Wildman–Crippen MR) is 67.6 cm³/mol. The first kappa shape index (κ1) is 13.2. The number of carbonyl (C=O) groups is 1. The molecule has 0 fully saturated rings. The van der Waals surface area contributed by atoms with Crippen LogP contribution in [0.3, 0.4) is 0 Å². The maximum Gasteiger partial charge on any atom is 0.222 e. The Morgan fingerprint density at radius 3 is 2.59 bits per heavy atom. The summed E-state index contributed by atoms with van der Waals surface area (Å²) in [6, 6.07) is 0. The molecule has 0 bridgehead atoms. The molecule has 4 N–H and O–H groups in total. The first-order valence-corrected chi connectivity index (χ1v) is 5.58. The molecule has 1 amide bonds. The van der Waals surface area contributed by atoms with Crippen molar-refractivity contribution in [3.05, 3.63) is 11.3 Å². The van der Waals surface area contributed by atoms with Crippen LogP contribution in [0.2, 0.25) is 0 Å². The second-order valence-electron chi connectivity index (χ2n) is 3.96. The first-order valence-electron chi connectivity index (χ1n) is 5.58. The average molecular weight is 237 g/mol. The highest BCUT2D eigenvalue weighted by molar-refractivity contribution is 5.74. The van der Waals surface area contributed by atoms with Gasteiger partial charge in [0.15, 0.2) is 0 Å². The zero-order valence-corrected chi connectivity index (χ0v) is 10.5. The normalized spacial score (nSPS) is 10.3. The van der Waals surface area contributed by atoms with Crippen LogP contribution in [0.1, 0.15) is 24.6 Å². The van der Waals surface area contributed by atoms with E-state index in [1.807, 2.05) is 25.8 Å². The highest BCUT2D eigenvalue weighted by Crippen LogP contribution is 2.21. The summed E-state index contributed by atoms with van der Waals surface area (Å²) >= 11 is 0. The number of anilines is 2. The lowest BCUT2D eigenvalue weighted by atomic mass is 10.1. The minimum atomic E-state index is -0.325. The van der Waals surface area contributed by atoms with Crippen LogP contribution in [-0.2, 0) is 11.2 Å². The number of amides is 1. The summed E-state index contributed by atoms with van der Waals surface area (Å²) in [7, 11) is 1.86. The molecule has 1 aromatic rings. The molecule has 0 aliphatic carbocycles. The standard InChI is InChI=1S/C11H19N5O/c1-4-8-7(2)14-11(13)15-10(8)16(3)6-5-9(12)17/h4-6H2,1-3H3,(H2,12,17)(H2,13,14,15). The van der Waals surface area contributed by atoms with Gasteiger partial charge >= 0.3 is 0 Å². The molecular weight excluding hydrogens is 218 g/mol. The summed E-state index contributed by atoms with van der Waals surface area (Å²) in [5.41, 5.74) is 12.7. The number of rotatable bonds is 5. The number of hydrogen-bond acceptors (Lipinski definition) is 5. The fourth-order valence-electron chi connectivity index (χ4n) is 1.72. The number of nitrogens with zero attached hydrogens (tertiary/aromatic N) is 3. The van der Waals surface area contributed by atoms with Gasteiger partial charge in [0.1, 0.15) is 5.82 Å². The fraction of sp³-hybridized carbons (Fsp3) is 0.545. The molecule has 17 heavy (non-hydrogen) atoms. The summed E-state index contributed by atoms with van der Waals surface area (Å²) in [6.07, 6.45) is 1.12. The molecule has 0 aliphatic rings. The first-order chi connectivity index (χ1) is 7.95. The number of aryl methyl sites for hydroxylation is 1. The number of carbonyl (C=O) groups excluding carboxylic acids is 1. The van der Waals surface area contributed by atoms with Crippen molar-refractivity contribution in [2.75, 3.05) is 24.2 Å². The number of nitrogen functional groups attached to an aromatic ring is 1. The second kappa shape index (κ2) is 5.47. The summed E-state index contributed by atoms with van der Waals surface area (Å²) in [5.74, 6) is 0.702. The Morgan fingerprint density at radius 2 is 2.06 bits per heavy atom. The average Bonchev–Trinajstić information content (AvgIpc) is 2.24. The van der Waals surface area contributed by atoms with Crippen molar-refractivity contribution in [2.45, 2.75) is 26.7 Å². The number of aromatic nitrogens is 2. The lowest BCUT2D eigenvalue weighted by Gasteiger charge is -2.21. The van der Waals surface area contributed by atoms with Crippen LogP contribution in [0.4, 0.5) is 11.8 Å². The van der Waals surface area contributed by atoms with Crippen LogP contribution in [0.25, 0.3) is 0 Å². The van der Waals surface area contributed by atoms with Crippen molar-refractivity contribution < 1.29 is 4.79 Å². The lowest BCUT2D eigenvalue weighted by molar-refractivity contribution is -0.117. The summed E-state index contributed by atoms with van der Waals surface area (Å²) in [4.78, 5) is 21.0. The van der Waals surface area contributed by atoms with E-state index in [-0.39, 0.29) is 11.9 Å². The van der Waals surface area contributed by atoms with Crippen molar-refractivity contribution in [2.24, 2.45) is 5.73 Å². The van der Waals surface area contributed by atoms with E-state index in [1.54, 1.807) is 0 Å². The zero-order chi connectivity index (χ0) is 13.0. The molecule has 6 nitrogen and oxygen atoms in total. The summed E-state index contributed by atoms with van der Waals surface area (Å²) in [6.45, 7) is 4.47. The van der Waals surface area contributed by atoms with Crippen molar-refractivity contribution in [3.63, 3.8) is 0 Å². The minimum Gasteiger partial charge on any atom is -0.370 e. The summed E-state index contributed by atoms with van der Waals surface area (Å²) in [5, 5.41) is 0. The molecule has 6 heteroatoms. The van der Waals surface area contributed by atoms with Gasteiger partial charge in [-0.25, -0.2) is 4.98 Å². The van der Waals surface area contributed by atoms with E-state index in [4.69, 9.17) is 11.5 Å². The highest BCUT2D eigenvalue weighted by atomic mass is 16.1. The molecule has 0 aliphatic heterocycles. The minimum absolute atomic E-state index is 0.251. The van der Waals surface area contributed by atoms with E-state index in [0.717, 1.165) is 23.5 Å². The Labute approximate surface area is 101 Å². The fourth-order valence-corrected chi connectivity index (χ4v) is 1.72. The molecule has 0 radical (unpaired) electrons. The maximum absolute atomic E-state index is 10.8. The summed E-state index contributed by atoms with van der Waals surface area (Å²) < 4.78 is 0. The molecule has 0 saturated heterocycles. The van der Waals surface area contributed by atoms with Gasteiger partial charge in [-0.1, -0.05) is 6.92 Å². The number of hydrogen-bond donors (Lipinski definition) is 2. The third-order valence-electron chi connectivity index (χ3n) is 2.62. The van der Waals surface area contributed by atoms with Crippen LogP contribution < -0.4 is 16.4 Å². The quantitative estimate of drug-likeness (QED) is 0.764. The molecule has 1 rings (SSSR count). The zero-order valence-electron chi connectivity index (χ0n) is 10.5. The van der Waals surface area contributed by atoms with Crippen molar-refractivity contribution in [1.29, 1.82) is 0 Å². The molecule has 0 saturated carbocycles. The maximum atomic E-state index is 10.8. The molecule has 0 unspecified atom stereocenters. The number of nitrogens with two attached hydrogens (primary N) is 2. The van der Waals surface area contributed by atoms with Gasteiger partial charge in [-0.3, -0.25) is 4.79 Å². The lowest BCUT2D eigenvalue weighted by Crippen LogP contribution is -2.26. The molecular formula is C11H19N5O. The predicted octanol–water partition coefficient (Wildman–Crippen LogP) is 0.241. The smallest absolute Gasteiger partial charge is 0.222 e. The molecule has 0 spiro atoms. The monoisotopic (exact) mass is 237 g/mol. The van der Waals surface area contributed by atoms with Crippen LogP contribution in [-0.4, -0.2) is 29.5 Å². The van der Waals surface area contributed by atoms with Crippen LogP contribution in [0, 0.1) is 6.92 Å². The Hall–Kier alpha value is -1.85. The Bertz CT molecular complexity index is 419. The molecule has 0 aromatic carbocycles. The highest BCUT2D eigenvalue weighted by Gasteiger charge is 2.13. The third-order valence-corrected chi connectivity index (χ3v) is 2.62. The van der Waals surface area contributed by atoms with Gasteiger partial charge in [-0.2, -0.15) is 4.98 Å². The van der Waals surface area contributed by atoms with Crippen LogP contribution in [0.15, 0.2) is 0 Å². The van der Waals surface area contributed by atoms with Gasteiger partial charge < -0.3 is 16.4 Å². The van der Waals surface area contributed by atoms with E-state index in [1.165, 1.54) is 0 Å². The van der Waals surface area contributed by atoms with Crippen LogP contribution >= 0.6 is 0 Å². The largest absolute Gasteiger partial charge is 0.370 e. The van der Waals surface area contributed by atoms with Gasteiger partial charge in [-0.05, 0) is 13.3 Å². The van der Waals surface area contributed by atoms with Crippen molar-refractivity contribution in [3.8, 4) is 0 Å². The molecule has 1 heterocycles. The number of primary amides is 1. The molecule has 1 aromatic heterocycles. The Morgan fingerprint density at radius 1 is 1.41 bits per heavy atom. The third kappa shape index (κ3) is 3.30. The van der Waals surface area contributed by atoms with E-state index in [0.29, 0.717) is 13.0 Å². The molecule has 0 atom stereocenters. The topological polar surface area (TPSA) is 98.1 Å². The van der Waals surface area contributed by atoms with E-state index >= 15 is 0 Å². The van der Waals surface area contributed by atoms with Crippen molar-refractivity contribution in [1.82, 2.24) is 9.97 Å². The Balaban J connectivity index is 2.98. The SMILES string of the molecule is CCc1c(C)nc(N)nc1N(C)CCC(N)=O. The van der Waals surface area contributed by atoms with Gasteiger partial charge in [0.25, 0.3) is 0 Å². The van der Waals surface area contributed by atoms with Gasteiger partial charge in [0.2, 0.25) is 11.9 Å². The van der Waals surface area contributed by atoms with Gasteiger partial charge in [-0.15, -0.1) is 0 Å². The van der Waals surface area contributed by atoms with E-state index < -0.39 is 0 Å². The van der Waals surface area contributed by atoms with Gasteiger partial charge in [0, 0.05) is 31.3 Å². The Kier molecular flexibility index (Phi) is 4.25. The van der Waals surface area contributed by atoms with E-state index in [9.17, 15) is 4.79 Å². The second-order valence-corrected chi connectivity index (χ2v) is 3.96. The van der Waals surface area contributed by atoms with Crippen molar-refractivity contribution >= 4 is 17.7 Å².